The van der Waals surface area contributed by atoms with Crippen LogP contribution in [0.1, 0.15) is 19.4 Å². The summed E-state index contributed by atoms with van der Waals surface area (Å²) in [5.74, 6) is 5.81. The molecule has 0 bridgehead atoms. The first-order valence-electron chi connectivity index (χ1n) is 4.73. The minimum Gasteiger partial charge on any atom is -0.374 e. The summed E-state index contributed by atoms with van der Waals surface area (Å²) in [6.07, 6.45) is 4.11. The van der Waals surface area contributed by atoms with Crippen molar-refractivity contribution in [2.24, 2.45) is 0 Å². The standard InChI is InChI=1S/C13H15N/c1-3-5-11-14-13-9-7-12(6-4-2)8-10-13/h4,6-10,14H,11H2,1-2H3/b6-4+. The Kier molecular flexibility index (Phi) is 4.37. The van der Waals surface area contributed by atoms with Crippen molar-refractivity contribution in [3.8, 4) is 11.8 Å². The minimum atomic E-state index is 0.708. The molecule has 0 fully saturated rings. The third-order valence-electron chi connectivity index (χ3n) is 1.83. The smallest absolute Gasteiger partial charge is 0.0765 e. The second-order valence-electron chi connectivity index (χ2n) is 2.90. The Hall–Kier alpha value is -1.68. The van der Waals surface area contributed by atoms with Crippen LogP contribution in [0.15, 0.2) is 30.3 Å². The molecule has 1 nitrogen and oxygen atoms in total. The molecule has 0 saturated carbocycles. The minimum absolute atomic E-state index is 0.708. The zero-order valence-electron chi connectivity index (χ0n) is 8.67. The van der Waals surface area contributed by atoms with Gasteiger partial charge < -0.3 is 5.32 Å². The molecule has 1 rings (SSSR count). The second-order valence-corrected chi connectivity index (χ2v) is 2.90. The molecular weight excluding hydrogens is 170 g/mol. The summed E-state index contributed by atoms with van der Waals surface area (Å²) >= 11 is 0. The van der Waals surface area contributed by atoms with E-state index in [1.54, 1.807) is 0 Å². The van der Waals surface area contributed by atoms with Crippen LogP contribution >= 0.6 is 0 Å². The third-order valence-corrected chi connectivity index (χ3v) is 1.83. The third kappa shape index (κ3) is 3.37. The lowest BCUT2D eigenvalue weighted by Crippen LogP contribution is -1.97. The topological polar surface area (TPSA) is 12.0 Å². The average molecular weight is 185 g/mol. The van der Waals surface area contributed by atoms with E-state index >= 15 is 0 Å². The largest absolute Gasteiger partial charge is 0.374 e. The summed E-state index contributed by atoms with van der Waals surface area (Å²) < 4.78 is 0. The van der Waals surface area contributed by atoms with E-state index in [1.165, 1.54) is 5.56 Å². The van der Waals surface area contributed by atoms with Gasteiger partial charge in [-0.2, -0.15) is 0 Å². The highest BCUT2D eigenvalue weighted by atomic mass is 14.8. The molecule has 0 aromatic heterocycles. The van der Waals surface area contributed by atoms with Crippen LogP contribution in [0.3, 0.4) is 0 Å². The monoisotopic (exact) mass is 185 g/mol. The summed E-state index contributed by atoms with van der Waals surface area (Å²) in [5.41, 5.74) is 2.33. The molecule has 1 aromatic rings. The molecule has 72 valence electrons. The first-order valence-corrected chi connectivity index (χ1v) is 4.73. The van der Waals surface area contributed by atoms with E-state index in [0.29, 0.717) is 6.54 Å². The fourth-order valence-corrected chi connectivity index (χ4v) is 1.14. The van der Waals surface area contributed by atoms with Crippen LogP contribution in [0.5, 0.6) is 0 Å². The highest BCUT2D eigenvalue weighted by Gasteiger charge is 1.89. The van der Waals surface area contributed by atoms with Crippen LogP contribution in [0.2, 0.25) is 0 Å². The van der Waals surface area contributed by atoms with Gasteiger partial charge in [0.25, 0.3) is 0 Å². The quantitative estimate of drug-likeness (QED) is 0.713. The summed E-state index contributed by atoms with van der Waals surface area (Å²) in [4.78, 5) is 0. The molecular formula is C13H15N. The summed E-state index contributed by atoms with van der Waals surface area (Å²) in [6.45, 7) is 4.57. The normalized spacial score (nSPS) is 9.57. The number of anilines is 1. The predicted molar refractivity (Wildman–Crippen MR) is 63.1 cm³/mol. The van der Waals surface area contributed by atoms with Crippen LogP contribution in [-0.2, 0) is 0 Å². The van der Waals surface area contributed by atoms with Gasteiger partial charge in [-0.1, -0.05) is 30.2 Å². The van der Waals surface area contributed by atoms with Crippen molar-refractivity contribution in [3.05, 3.63) is 35.9 Å². The molecule has 0 spiro atoms. The van der Waals surface area contributed by atoms with Crippen LogP contribution in [0, 0.1) is 11.8 Å². The summed E-state index contributed by atoms with van der Waals surface area (Å²) in [6, 6.07) is 8.29. The highest BCUT2D eigenvalue weighted by molar-refractivity contribution is 5.54. The van der Waals surface area contributed by atoms with Gasteiger partial charge in [-0.3, -0.25) is 0 Å². The molecule has 0 atom stereocenters. The maximum atomic E-state index is 3.22. The first kappa shape index (κ1) is 10.4. The predicted octanol–water partition coefficient (Wildman–Crippen LogP) is 3.15. The molecule has 14 heavy (non-hydrogen) atoms. The van der Waals surface area contributed by atoms with Crippen LogP contribution in [0.4, 0.5) is 5.69 Å². The van der Waals surface area contributed by atoms with Crippen molar-refractivity contribution in [2.75, 3.05) is 11.9 Å². The molecule has 1 aromatic carbocycles. The van der Waals surface area contributed by atoms with Crippen molar-refractivity contribution in [1.82, 2.24) is 0 Å². The molecule has 0 aliphatic heterocycles. The van der Waals surface area contributed by atoms with Crippen molar-refractivity contribution in [2.45, 2.75) is 13.8 Å². The molecule has 0 radical (unpaired) electrons. The molecule has 1 N–H and O–H groups in total. The van der Waals surface area contributed by atoms with Gasteiger partial charge in [0.1, 0.15) is 0 Å². The van der Waals surface area contributed by atoms with Crippen LogP contribution in [0.25, 0.3) is 6.08 Å². The summed E-state index contributed by atoms with van der Waals surface area (Å²) in [7, 11) is 0. The van der Waals surface area contributed by atoms with Gasteiger partial charge in [-0.25, -0.2) is 0 Å². The molecule has 0 heterocycles. The van der Waals surface area contributed by atoms with Gasteiger partial charge in [0.15, 0.2) is 0 Å². The van der Waals surface area contributed by atoms with Gasteiger partial charge >= 0.3 is 0 Å². The Bertz CT molecular complexity index is 349. The van der Waals surface area contributed by atoms with Crippen LogP contribution in [-0.4, -0.2) is 6.54 Å². The highest BCUT2D eigenvalue weighted by Crippen LogP contribution is 2.09. The maximum Gasteiger partial charge on any atom is 0.0765 e. The van der Waals surface area contributed by atoms with E-state index < -0.39 is 0 Å². The van der Waals surface area contributed by atoms with Gasteiger partial charge in [-0.05, 0) is 31.5 Å². The lowest BCUT2D eigenvalue weighted by molar-refractivity contribution is 1.37. The van der Waals surface area contributed by atoms with E-state index in [-0.39, 0.29) is 0 Å². The fourth-order valence-electron chi connectivity index (χ4n) is 1.14. The number of hydrogen-bond acceptors (Lipinski definition) is 1. The average Bonchev–Trinajstić information content (AvgIpc) is 2.21. The lowest BCUT2D eigenvalue weighted by Gasteiger charge is -2.01. The molecule has 0 unspecified atom stereocenters. The molecule has 0 saturated heterocycles. The van der Waals surface area contributed by atoms with E-state index in [1.807, 2.05) is 19.9 Å². The van der Waals surface area contributed by atoms with Crippen molar-refractivity contribution >= 4 is 11.8 Å². The maximum absolute atomic E-state index is 3.22. The van der Waals surface area contributed by atoms with Gasteiger partial charge in [0.2, 0.25) is 0 Å². The number of rotatable bonds is 3. The van der Waals surface area contributed by atoms with Gasteiger partial charge in [0, 0.05) is 5.69 Å². The first-order chi connectivity index (χ1) is 6.86. The molecule has 1 heteroatoms. The lowest BCUT2D eigenvalue weighted by atomic mass is 10.2. The Morgan fingerprint density at radius 1 is 1.29 bits per heavy atom. The van der Waals surface area contributed by atoms with E-state index in [2.05, 4.69) is 47.5 Å². The van der Waals surface area contributed by atoms with Crippen molar-refractivity contribution in [3.63, 3.8) is 0 Å². The Morgan fingerprint density at radius 3 is 2.57 bits per heavy atom. The van der Waals surface area contributed by atoms with Gasteiger partial charge in [0.05, 0.1) is 6.54 Å². The van der Waals surface area contributed by atoms with Crippen molar-refractivity contribution < 1.29 is 0 Å². The Labute approximate surface area is 85.8 Å². The Morgan fingerprint density at radius 2 is 2.00 bits per heavy atom. The number of benzene rings is 1. The van der Waals surface area contributed by atoms with E-state index in [4.69, 9.17) is 0 Å². The Balaban J connectivity index is 2.57. The fraction of sp³-hybridized carbons (Fsp3) is 0.231. The molecule has 0 amide bonds. The number of nitrogens with one attached hydrogen (secondary N) is 1. The van der Waals surface area contributed by atoms with E-state index in [9.17, 15) is 0 Å². The number of allylic oxidation sites excluding steroid dienone is 1. The van der Waals surface area contributed by atoms with Crippen molar-refractivity contribution in [1.29, 1.82) is 0 Å². The van der Waals surface area contributed by atoms with Gasteiger partial charge in [-0.15, -0.1) is 5.92 Å². The molecule has 0 aliphatic carbocycles. The van der Waals surface area contributed by atoms with Crippen LogP contribution < -0.4 is 5.32 Å². The number of hydrogen-bond donors (Lipinski definition) is 1. The zero-order valence-corrected chi connectivity index (χ0v) is 8.67. The second kappa shape index (κ2) is 5.88. The zero-order chi connectivity index (χ0) is 10.2. The SMILES string of the molecule is CC#CCNc1ccc(/C=C/C)cc1. The van der Waals surface area contributed by atoms with E-state index in [0.717, 1.165) is 5.69 Å². The molecule has 0 aliphatic rings. The summed E-state index contributed by atoms with van der Waals surface area (Å²) in [5, 5.41) is 3.22.